The molecular weight excluding hydrogens is 261 g/mol. The Hall–Kier alpha value is -1.31. The molecule has 1 aromatic carbocycles. The molecule has 108 valence electrons. The minimum Gasteiger partial charge on any atom is -0.406 e. The molecule has 0 amide bonds. The van der Waals surface area contributed by atoms with Gasteiger partial charge in [-0.2, -0.15) is 0 Å². The van der Waals surface area contributed by atoms with Gasteiger partial charge in [-0.1, -0.05) is 12.1 Å². The molecule has 7 heteroatoms. The molecule has 0 aliphatic heterocycles. The van der Waals surface area contributed by atoms with E-state index in [1.165, 1.54) is 18.2 Å². The number of hydrazine groups is 1. The summed E-state index contributed by atoms with van der Waals surface area (Å²) in [4.78, 5) is 0. The first-order valence-electron chi connectivity index (χ1n) is 5.70. The quantitative estimate of drug-likeness (QED) is 0.620. The Morgan fingerprint density at radius 3 is 2.58 bits per heavy atom. The molecule has 0 aliphatic carbocycles. The zero-order valence-corrected chi connectivity index (χ0v) is 10.7. The zero-order chi connectivity index (χ0) is 14.5. The van der Waals surface area contributed by atoms with E-state index < -0.39 is 6.36 Å². The standard InChI is InChI=1S/C12H17F3N2O2/c1-8(18-2)6-11(17-16)9-4-3-5-10(7-9)19-12(13,14)15/h3-5,7-8,11,17H,6,16H2,1-2H3. The lowest BCUT2D eigenvalue weighted by atomic mass is 10.0. The smallest absolute Gasteiger partial charge is 0.406 e. The molecule has 2 atom stereocenters. The van der Waals surface area contributed by atoms with Crippen molar-refractivity contribution in [2.75, 3.05) is 7.11 Å². The van der Waals surface area contributed by atoms with Gasteiger partial charge in [-0.25, -0.2) is 0 Å². The Morgan fingerprint density at radius 1 is 1.37 bits per heavy atom. The van der Waals surface area contributed by atoms with Crippen molar-refractivity contribution < 1.29 is 22.6 Å². The Morgan fingerprint density at radius 2 is 2.05 bits per heavy atom. The molecule has 1 rings (SSSR count). The molecule has 3 N–H and O–H groups in total. The van der Waals surface area contributed by atoms with Gasteiger partial charge in [0.05, 0.1) is 6.10 Å². The van der Waals surface area contributed by atoms with Crippen LogP contribution in [0.4, 0.5) is 13.2 Å². The highest BCUT2D eigenvalue weighted by molar-refractivity contribution is 5.30. The predicted octanol–water partition coefficient (Wildman–Crippen LogP) is 2.51. The van der Waals surface area contributed by atoms with Gasteiger partial charge in [-0.15, -0.1) is 13.2 Å². The highest BCUT2D eigenvalue weighted by Gasteiger charge is 2.31. The van der Waals surface area contributed by atoms with Crippen LogP contribution in [0.15, 0.2) is 24.3 Å². The number of benzene rings is 1. The van der Waals surface area contributed by atoms with E-state index >= 15 is 0 Å². The van der Waals surface area contributed by atoms with Gasteiger partial charge in [0.15, 0.2) is 0 Å². The van der Waals surface area contributed by atoms with E-state index in [-0.39, 0.29) is 17.9 Å². The summed E-state index contributed by atoms with van der Waals surface area (Å²) in [6.07, 6.45) is -4.25. The third-order valence-electron chi connectivity index (χ3n) is 2.67. The van der Waals surface area contributed by atoms with Gasteiger partial charge in [0.1, 0.15) is 5.75 Å². The number of nitrogens with one attached hydrogen (secondary N) is 1. The van der Waals surface area contributed by atoms with Gasteiger partial charge >= 0.3 is 6.36 Å². The number of hydrogen-bond donors (Lipinski definition) is 2. The van der Waals surface area contributed by atoms with Gasteiger partial charge in [-0.3, -0.25) is 11.3 Å². The van der Waals surface area contributed by atoms with E-state index in [1.807, 2.05) is 6.92 Å². The van der Waals surface area contributed by atoms with Crippen LogP contribution in [0.5, 0.6) is 5.75 Å². The maximum atomic E-state index is 12.1. The SMILES string of the molecule is COC(C)CC(NN)c1cccc(OC(F)(F)F)c1. The fourth-order valence-corrected chi connectivity index (χ4v) is 1.66. The molecule has 0 heterocycles. The summed E-state index contributed by atoms with van der Waals surface area (Å²) in [5.74, 6) is 5.15. The topological polar surface area (TPSA) is 56.5 Å². The fourth-order valence-electron chi connectivity index (χ4n) is 1.66. The molecule has 1 aromatic rings. The van der Waals surface area contributed by atoms with Crippen molar-refractivity contribution in [2.45, 2.75) is 31.9 Å². The van der Waals surface area contributed by atoms with Crippen LogP contribution in [0.3, 0.4) is 0 Å². The highest BCUT2D eigenvalue weighted by Crippen LogP contribution is 2.27. The third-order valence-corrected chi connectivity index (χ3v) is 2.67. The van der Waals surface area contributed by atoms with E-state index in [0.717, 1.165) is 0 Å². The van der Waals surface area contributed by atoms with Gasteiger partial charge in [0.2, 0.25) is 0 Å². The molecule has 4 nitrogen and oxygen atoms in total. The van der Waals surface area contributed by atoms with E-state index in [4.69, 9.17) is 10.6 Å². The average molecular weight is 278 g/mol. The summed E-state index contributed by atoms with van der Waals surface area (Å²) in [5.41, 5.74) is 3.16. The van der Waals surface area contributed by atoms with Crippen LogP contribution in [0.1, 0.15) is 24.9 Å². The van der Waals surface area contributed by atoms with Crippen LogP contribution >= 0.6 is 0 Å². The van der Waals surface area contributed by atoms with Gasteiger partial charge in [0.25, 0.3) is 0 Å². The van der Waals surface area contributed by atoms with Crippen LogP contribution in [0, 0.1) is 0 Å². The zero-order valence-electron chi connectivity index (χ0n) is 10.7. The lowest BCUT2D eigenvalue weighted by molar-refractivity contribution is -0.274. The van der Waals surface area contributed by atoms with E-state index in [0.29, 0.717) is 12.0 Å². The van der Waals surface area contributed by atoms with E-state index in [1.54, 1.807) is 13.2 Å². The maximum absolute atomic E-state index is 12.1. The first-order chi connectivity index (χ1) is 8.85. The Balaban J connectivity index is 2.84. The van der Waals surface area contributed by atoms with Crippen molar-refractivity contribution in [3.63, 3.8) is 0 Å². The number of halogens is 3. The summed E-state index contributed by atoms with van der Waals surface area (Å²) in [5, 5.41) is 0. The van der Waals surface area contributed by atoms with Crippen LogP contribution < -0.4 is 16.0 Å². The summed E-state index contributed by atoms with van der Waals surface area (Å²) >= 11 is 0. The van der Waals surface area contributed by atoms with Crippen LogP contribution in [0.2, 0.25) is 0 Å². The highest BCUT2D eigenvalue weighted by atomic mass is 19.4. The molecular formula is C12H17F3N2O2. The first-order valence-corrected chi connectivity index (χ1v) is 5.70. The average Bonchev–Trinajstić information content (AvgIpc) is 2.33. The monoisotopic (exact) mass is 278 g/mol. The predicted molar refractivity (Wildman–Crippen MR) is 64.3 cm³/mol. The molecule has 2 unspecified atom stereocenters. The Kier molecular flexibility index (Phi) is 5.59. The lowest BCUT2D eigenvalue weighted by Crippen LogP contribution is -2.30. The Labute approximate surface area is 109 Å². The molecule has 0 bridgehead atoms. The van der Waals surface area contributed by atoms with Crippen molar-refractivity contribution in [3.8, 4) is 5.75 Å². The van der Waals surface area contributed by atoms with Crippen molar-refractivity contribution in [2.24, 2.45) is 5.84 Å². The molecule has 0 aliphatic rings. The number of ether oxygens (including phenoxy) is 2. The maximum Gasteiger partial charge on any atom is 0.573 e. The minimum atomic E-state index is -4.70. The van der Waals surface area contributed by atoms with Crippen molar-refractivity contribution in [1.29, 1.82) is 0 Å². The molecule has 0 radical (unpaired) electrons. The van der Waals surface area contributed by atoms with Crippen LogP contribution in [0.25, 0.3) is 0 Å². The molecule has 0 fully saturated rings. The molecule has 0 saturated heterocycles. The summed E-state index contributed by atoms with van der Waals surface area (Å²) in [6.45, 7) is 1.85. The molecule has 0 saturated carbocycles. The van der Waals surface area contributed by atoms with Crippen molar-refractivity contribution in [1.82, 2.24) is 5.43 Å². The third kappa shape index (κ3) is 5.46. The fraction of sp³-hybridized carbons (Fsp3) is 0.500. The van der Waals surface area contributed by atoms with Gasteiger partial charge in [-0.05, 0) is 31.0 Å². The number of methoxy groups -OCH3 is 1. The van der Waals surface area contributed by atoms with Crippen LogP contribution in [-0.2, 0) is 4.74 Å². The normalized spacial score (nSPS) is 15.1. The second-order valence-electron chi connectivity index (χ2n) is 4.12. The van der Waals surface area contributed by atoms with Crippen LogP contribution in [-0.4, -0.2) is 19.6 Å². The van der Waals surface area contributed by atoms with E-state index in [2.05, 4.69) is 10.2 Å². The Bertz CT molecular complexity index is 399. The number of hydrogen-bond acceptors (Lipinski definition) is 4. The van der Waals surface area contributed by atoms with E-state index in [9.17, 15) is 13.2 Å². The molecule has 0 spiro atoms. The minimum absolute atomic E-state index is 0.0757. The summed E-state index contributed by atoms with van der Waals surface area (Å²) < 4.78 is 45.4. The second-order valence-corrected chi connectivity index (χ2v) is 4.12. The number of nitrogens with two attached hydrogens (primary N) is 1. The first kappa shape index (κ1) is 15.7. The number of alkyl halides is 3. The molecule has 19 heavy (non-hydrogen) atoms. The lowest BCUT2D eigenvalue weighted by Gasteiger charge is -2.20. The summed E-state index contributed by atoms with van der Waals surface area (Å²) in [7, 11) is 1.56. The number of rotatable bonds is 6. The van der Waals surface area contributed by atoms with Crippen molar-refractivity contribution in [3.05, 3.63) is 29.8 Å². The van der Waals surface area contributed by atoms with Gasteiger partial charge in [0, 0.05) is 13.2 Å². The largest absolute Gasteiger partial charge is 0.573 e. The van der Waals surface area contributed by atoms with Gasteiger partial charge < -0.3 is 9.47 Å². The summed E-state index contributed by atoms with van der Waals surface area (Å²) in [6, 6.07) is 5.39. The van der Waals surface area contributed by atoms with Crippen molar-refractivity contribution >= 4 is 0 Å². The molecule has 0 aromatic heterocycles. The second kappa shape index (κ2) is 6.74.